The second kappa shape index (κ2) is 10.3. The molecule has 3 rings (SSSR count). The molecular formula is C21H31N5O4S2. The van der Waals surface area contributed by atoms with E-state index in [0.717, 1.165) is 23.7 Å². The molecule has 0 radical (unpaired) electrons. The van der Waals surface area contributed by atoms with Crippen molar-refractivity contribution in [2.75, 3.05) is 52.2 Å². The van der Waals surface area contributed by atoms with E-state index in [1.54, 1.807) is 12.1 Å². The second-order valence-electron chi connectivity index (χ2n) is 7.79. The topological polar surface area (TPSA) is 95.1 Å². The summed E-state index contributed by atoms with van der Waals surface area (Å²) in [5, 5.41) is 5.09. The highest BCUT2D eigenvalue weighted by atomic mass is 32.2. The number of carbonyl (C=O) groups is 1. The van der Waals surface area contributed by atoms with E-state index in [4.69, 9.17) is 4.74 Å². The van der Waals surface area contributed by atoms with Crippen molar-refractivity contribution in [2.45, 2.75) is 32.1 Å². The number of hydrazine groups is 1. The van der Waals surface area contributed by atoms with Crippen molar-refractivity contribution in [3.8, 4) is 16.2 Å². The summed E-state index contributed by atoms with van der Waals surface area (Å²) in [6.07, 6.45) is 0.696. The maximum atomic E-state index is 13.8. The van der Waals surface area contributed by atoms with Crippen molar-refractivity contribution in [1.82, 2.24) is 19.3 Å². The molecule has 0 saturated carbocycles. The van der Waals surface area contributed by atoms with E-state index in [1.807, 2.05) is 32.0 Å². The van der Waals surface area contributed by atoms with Gasteiger partial charge in [0.05, 0.1) is 17.7 Å². The molecule has 176 valence electrons. The Morgan fingerprint density at radius 3 is 2.56 bits per heavy atom. The van der Waals surface area contributed by atoms with Crippen molar-refractivity contribution < 1.29 is 17.9 Å². The normalized spacial score (nSPS) is 15.8. The molecule has 2 aromatic rings. The quantitative estimate of drug-likeness (QED) is 0.619. The zero-order valence-corrected chi connectivity index (χ0v) is 20.8. The van der Waals surface area contributed by atoms with Gasteiger partial charge in [0, 0.05) is 39.6 Å². The first-order valence-electron chi connectivity index (χ1n) is 10.6. The van der Waals surface area contributed by atoms with Gasteiger partial charge in [-0.2, -0.15) is 0 Å². The third-order valence-corrected chi connectivity index (χ3v) is 8.24. The highest BCUT2D eigenvalue weighted by Gasteiger charge is 2.33. The van der Waals surface area contributed by atoms with Crippen molar-refractivity contribution in [3.63, 3.8) is 0 Å². The van der Waals surface area contributed by atoms with E-state index in [9.17, 15) is 13.2 Å². The van der Waals surface area contributed by atoms with Crippen molar-refractivity contribution in [2.24, 2.45) is 0 Å². The maximum absolute atomic E-state index is 13.8. The van der Waals surface area contributed by atoms with E-state index in [0.29, 0.717) is 42.5 Å². The van der Waals surface area contributed by atoms with Gasteiger partial charge in [0.1, 0.15) is 10.6 Å². The van der Waals surface area contributed by atoms with Crippen molar-refractivity contribution in [1.29, 1.82) is 0 Å². The largest absolute Gasteiger partial charge is 0.495 e. The molecule has 32 heavy (non-hydrogen) atoms. The van der Waals surface area contributed by atoms with Gasteiger partial charge >= 0.3 is 0 Å². The number of likely N-dealkylation sites (N-methyl/N-ethyl adjacent to an activating group) is 1. The lowest BCUT2D eigenvalue weighted by Crippen LogP contribution is -2.54. The summed E-state index contributed by atoms with van der Waals surface area (Å²) >= 11 is 1.31. The highest BCUT2D eigenvalue weighted by Crippen LogP contribution is 2.37. The van der Waals surface area contributed by atoms with Crippen LogP contribution in [0.25, 0.3) is 10.4 Å². The SMILES string of the molecule is CCCN(N1CCN(C)CC1)S(=O)(=O)c1cc(-c2sc(NC(C)=O)nc2C)ccc1OC. The van der Waals surface area contributed by atoms with Gasteiger partial charge in [0.25, 0.3) is 10.0 Å². The molecule has 1 aliphatic heterocycles. The number of nitrogens with zero attached hydrogens (tertiary/aromatic N) is 4. The smallest absolute Gasteiger partial charge is 0.259 e. The summed E-state index contributed by atoms with van der Waals surface area (Å²) < 4.78 is 34.6. The number of aryl methyl sites for hydroxylation is 1. The number of hydrogen-bond donors (Lipinski definition) is 1. The number of ether oxygens (including phenoxy) is 1. The number of rotatable bonds is 8. The van der Waals surface area contributed by atoms with Crippen LogP contribution in [0.4, 0.5) is 5.13 Å². The number of nitrogens with one attached hydrogen (secondary N) is 1. The molecule has 1 saturated heterocycles. The molecule has 0 unspecified atom stereocenters. The van der Waals surface area contributed by atoms with E-state index >= 15 is 0 Å². The number of sulfonamides is 1. The number of thiazole rings is 1. The standard InChI is InChI=1S/C21H31N5O4S2/c1-6-9-26(25-12-10-24(4)11-13-25)32(28,29)19-14-17(7-8-18(19)30-5)20-15(2)22-21(31-20)23-16(3)27/h7-8,14H,6,9-13H2,1-5H3,(H,22,23,27). The molecule has 1 fully saturated rings. The van der Waals surface area contributed by atoms with Crippen LogP contribution in [-0.4, -0.2) is 80.5 Å². The third kappa shape index (κ3) is 5.29. The average molecular weight is 482 g/mol. The van der Waals surface area contributed by atoms with Gasteiger partial charge < -0.3 is 15.0 Å². The first-order valence-corrected chi connectivity index (χ1v) is 12.8. The Kier molecular flexibility index (Phi) is 7.88. The minimum atomic E-state index is -3.85. The van der Waals surface area contributed by atoms with Gasteiger partial charge in [-0.05, 0) is 44.2 Å². The molecule has 2 heterocycles. The molecule has 1 aromatic carbocycles. The zero-order chi connectivity index (χ0) is 23.5. The fourth-order valence-corrected chi connectivity index (χ4v) is 6.43. The molecule has 0 aliphatic carbocycles. The minimum Gasteiger partial charge on any atom is -0.495 e. The summed E-state index contributed by atoms with van der Waals surface area (Å²) in [7, 11) is -0.338. The molecule has 1 aromatic heterocycles. The van der Waals surface area contributed by atoms with Gasteiger partial charge in [-0.3, -0.25) is 4.79 Å². The van der Waals surface area contributed by atoms with Crippen LogP contribution in [0.3, 0.4) is 0 Å². The van der Waals surface area contributed by atoms with E-state index in [1.165, 1.54) is 29.8 Å². The van der Waals surface area contributed by atoms with Crippen LogP contribution in [0.15, 0.2) is 23.1 Å². The fourth-order valence-electron chi connectivity index (χ4n) is 3.63. The third-order valence-electron chi connectivity index (χ3n) is 5.27. The Balaban J connectivity index is 2.03. The summed E-state index contributed by atoms with van der Waals surface area (Å²) in [4.78, 5) is 18.9. The monoisotopic (exact) mass is 481 g/mol. The summed E-state index contributed by atoms with van der Waals surface area (Å²) in [5.41, 5.74) is 1.43. The molecule has 0 spiro atoms. The second-order valence-corrected chi connectivity index (χ2v) is 10.6. The lowest BCUT2D eigenvalue weighted by molar-refractivity contribution is -0.114. The molecule has 1 amide bonds. The first kappa shape index (κ1) is 24.6. The van der Waals surface area contributed by atoms with Gasteiger partial charge in [-0.1, -0.05) is 18.3 Å². The van der Waals surface area contributed by atoms with Crippen LogP contribution < -0.4 is 10.1 Å². The Morgan fingerprint density at radius 1 is 1.28 bits per heavy atom. The number of benzene rings is 1. The predicted molar refractivity (Wildman–Crippen MR) is 126 cm³/mol. The van der Waals surface area contributed by atoms with Crippen LogP contribution >= 0.6 is 11.3 Å². The van der Waals surface area contributed by atoms with Crippen LogP contribution in [0.5, 0.6) is 5.75 Å². The van der Waals surface area contributed by atoms with Gasteiger partial charge in [0.2, 0.25) is 5.91 Å². The molecular weight excluding hydrogens is 450 g/mol. The van der Waals surface area contributed by atoms with Crippen LogP contribution in [0.1, 0.15) is 26.0 Å². The van der Waals surface area contributed by atoms with Crippen LogP contribution in [0.2, 0.25) is 0 Å². The fraction of sp³-hybridized carbons (Fsp3) is 0.524. The number of amides is 1. The zero-order valence-electron chi connectivity index (χ0n) is 19.2. The summed E-state index contributed by atoms with van der Waals surface area (Å²) in [6.45, 7) is 8.52. The Hall–Kier alpha value is -2.05. The predicted octanol–water partition coefficient (Wildman–Crippen LogP) is 2.65. The number of piperazine rings is 1. The van der Waals surface area contributed by atoms with Crippen molar-refractivity contribution in [3.05, 3.63) is 23.9 Å². The molecule has 1 aliphatic rings. The first-order chi connectivity index (χ1) is 15.2. The molecule has 0 atom stereocenters. The molecule has 11 heteroatoms. The Morgan fingerprint density at radius 2 is 1.97 bits per heavy atom. The van der Waals surface area contributed by atoms with Gasteiger partial charge in [-0.25, -0.2) is 18.4 Å². The number of methoxy groups -OCH3 is 1. The summed E-state index contributed by atoms with van der Waals surface area (Å²) in [6, 6.07) is 5.13. The number of hydrogen-bond acceptors (Lipinski definition) is 8. The van der Waals surface area contributed by atoms with Crippen LogP contribution in [0, 0.1) is 6.92 Å². The molecule has 0 bridgehead atoms. The van der Waals surface area contributed by atoms with Gasteiger partial charge in [-0.15, -0.1) is 4.41 Å². The Labute approximate surface area is 194 Å². The lowest BCUT2D eigenvalue weighted by Gasteiger charge is -2.39. The lowest BCUT2D eigenvalue weighted by atomic mass is 10.1. The molecule has 1 N–H and O–H groups in total. The van der Waals surface area contributed by atoms with E-state index < -0.39 is 10.0 Å². The number of anilines is 1. The van der Waals surface area contributed by atoms with E-state index in [2.05, 4.69) is 15.2 Å². The number of aromatic nitrogens is 1. The van der Waals surface area contributed by atoms with E-state index in [-0.39, 0.29) is 10.8 Å². The maximum Gasteiger partial charge on any atom is 0.259 e. The van der Waals surface area contributed by atoms with Gasteiger partial charge in [0.15, 0.2) is 5.13 Å². The summed E-state index contributed by atoms with van der Waals surface area (Å²) in [5.74, 6) is 0.0962. The average Bonchev–Trinajstić information content (AvgIpc) is 3.11. The van der Waals surface area contributed by atoms with Crippen molar-refractivity contribution >= 4 is 32.4 Å². The molecule has 9 nitrogen and oxygen atoms in total. The highest BCUT2D eigenvalue weighted by molar-refractivity contribution is 7.89. The van der Waals surface area contributed by atoms with Crippen LogP contribution in [-0.2, 0) is 14.8 Å². The Bertz CT molecular complexity index is 1060. The minimum absolute atomic E-state index is 0.124. The number of carbonyl (C=O) groups excluding carboxylic acids is 1.